The Bertz CT molecular complexity index is 523. The van der Waals surface area contributed by atoms with Gasteiger partial charge in [0, 0.05) is 11.0 Å². The van der Waals surface area contributed by atoms with E-state index >= 15 is 0 Å². The number of rotatable bonds is 6. The van der Waals surface area contributed by atoms with Crippen molar-refractivity contribution in [2.45, 2.75) is 24.8 Å². The van der Waals surface area contributed by atoms with Gasteiger partial charge in [0.25, 0.3) is 0 Å². The van der Waals surface area contributed by atoms with Gasteiger partial charge >= 0.3 is 5.97 Å². The maximum atomic E-state index is 13.4. The Morgan fingerprint density at radius 2 is 2.00 bits per heavy atom. The second kappa shape index (κ2) is 7.97. The lowest BCUT2D eigenvalue weighted by Gasteiger charge is -2.19. The Kier molecular flexibility index (Phi) is 6.61. The van der Waals surface area contributed by atoms with Crippen molar-refractivity contribution in [2.24, 2.45) is 5.92 Å². The van der Waals surface area contributed by atoms with Crippen LogP contribution in [0.3, 0.4) is 0 Å². The summed E-state index contributed by atoms with van der Waals surface area (Å²) in [6.45, 7) is 3.54. The van der Waals surface area contributed by atoms with E-state index in [9.17, 15) is 18.4 Å². The molecule has 0 radical (unpaired) electrons. The molecule has 1 aromatic rings. The maximum Gasteiger partial charge on any atom is 0.328 e. The van der Waals surface area contributed by atoms with Crippen molar-refractivity contribution in [1.29, 1.82) is 0 Å². The molecule has 0 saturated heterocycles. The lowest BCUT2D eigenvalue weighted by Crippen LogP contribution is -2.45. The number of thioether (sulfide) groups is 1. The van der Waals surface area contributed by atoms with Gasteiger partial charge in [0.1, 0.15) is 17.7 Å². The van der Waals surface area contributed by atoms with Gasteiger partial charge in [0.2, 0.25) is 5.91 Å². The summed E-state index contributed by atoms with van der Waals surface area (Å²) in [5, 5.41) is 2.54. The normalized spacial score (nSPS) is 12.1. The number of esters is 1. The Labute approximate surface area is 126 Å². The highest BCUT2D eigenvalue weighted by atomic mass is 32.2. The van der Waals surface area contributed by atoms with Gasteiger partial charge in [0.05, 0.1) is 12.9 Å². The van der Waals surface area contributed by atoms with E-state index in [1.165, 1.54) is 13.2 Å². The van der Waals surface area contributed by atoms with E-state index in [-0.39, 0.29) is 16.6 Å². The summed E-state index contributed by atoms with van der Waals surface area (Å²) in [4.78, 5) is 23.5. The standard InChI is InChI=1S/C14H17F2NO3S/c1-8(2)13(14(19)20-3)17-12(18)7-21-11-5-4-9(15)6-10(11)16/h4-6,8,13H,7H2,1-3H3,(H,17,18). The van der Waals surface area contributed by atoms with E-state index in [2.05, 4.69) is 10.1 Å². The Hall–Kier alpha value is -1.63. The molecule has 1 atom stereocenters. The van der Waals surface area contributed by atoms with E-state index in [0.29, 0.717) is 0 Å². The summed E-state index contributed by atoms with van der Waals surface area (Å²) < 4.78 is 30.8. The van der Waals surface area contributed by atoms with Crippen LogP contribution in [0.1, 0.15) is 13.8 Å². The number of ether oxygens (including phenoxy) is 1. The van der Waals surface area contributed by atoms with Gasteiger partial charge in [-0.3, -0.25) is 4.79 Å². The third-order valence-corrected chi connectivity index (χ3v) is 3.74. The van der Waals surface area contributed by atoms with Crippen LogP contribution in [0.5, 0.6) is 0 Å². The number of benzene rings is 1. The molecular weight excluding hydrogens is 300 g/mol. The Balaban J connectivity index is 2.58. The van der Waals surface area contributed by atoms with Crippen molar-refractivity contribution in [3.63, 3.8) is 0 Å². The van der Waals surface area contributed by atoms with Gasteiger partial charge in [0.15, 0.2) is 0 Å². The molecule has 1 amide bonds. The minimum absolute atomic E-state index is 0.0806. The summed E-state index contributed by atoms with van der Waals surface area (Å²) >= 11 is 0.931. The van der Waals surface area contributed by atoms with Crippen molar-refractivity contribution < 1.29 is 23.1 Å². The fourth-order valence-electron chi connectivity index (χ4n) is 1.58. The molecule has 1 rings (SSSR count). The highest BCUT2D eigenvalue weighted by molar-refractivity contribution is 8.00. The van der Waals surface area contributed by atoms with Crippen LogP contribution < -0.4 is 5.32 Å². The number of carbonyl (C=O) groups excluding carboxylic acids is 2. The van der Waals surface area contributed by atoms with Gasteiger partial charge in [-0.1, -0.05) is 13.8 Å². The highest BCUT2D eigenvalue weighted by Crippen LogP contribution is 2.22. The smallest absolute Gasteiger partial charge is 0.328 e. The molecule has 21 heavy (non-hydrogen) atoms. The largest absolute Gasteiger partial charge is 0.467 e. The molecule has 0 aliphatic rings. The van der Waals surface area contributed by atoms with Crippen LogP contribution in [0.2, 0.25) is 0 Å². The molecule has 0 heterocycles. The monoisotopic (exact) mass is 317 g/mol. The number of halogens is 2. The SMILES string of the molecule is COC(=O)C(NC(=O)CSc1ccc(F)cc1F)C(C)C. The topological polar surface area (TPSA) is 55.4 Å². The Morgan fingerprint density at radius 1 is 1.33 bits per heavy atom. The van der Waals surface area contributed by atoms with Crippen LogP contribution in [0, 0.1) is 17.6 Å². The van der Waals surface area contributed by atoms with Crippen LogP contribution >= 0.6 is 11.8 Å². The summed E-state index contributed by atoms with van der Waals surface area (Å²) in [6.07, 6.45) is 0. The van der Waals surface area contributed by atoms with Crippen LogP contribution in [-0.2, 0) is 14.3 Å². The maximum absolute atomic E-state index is 13.4. The van der Waals surface area contributed by atoms with E-state index < -0.39 is 29.6 Å². The molecule has 0 bridgehead atoms. The minimum atomic E-state index is -0.749. The molecule has 1 N–H and O–H groups in total. The number of methoxy groups -OCH3 is 1. The average molecular weight is 317 g/mol. The summed E-state index contributed by atoms with van der Waals surface area (Å²) in [6, 6.07) is 2.39. The number of hydrogen-bond acceptors (Lipinski definition) is 4. The zero-order valence-corrected chi connectivity index (χ0v) is 12.8. The van der Waals surface area contributed by atoms with E-state index in [1.807, 2.05) is 0 Å². The van der Waals surface area contributed by atoms with E-state index in [0.717, 1.165) is 23.9 Å². The lowest BCUT2D eigenvalue weighted by atomic mass is 10.1. The lowest BCUT2D eigenvalue weighted by molar-refractivity contribution is -0.146. The number of carbonyl (C=O) groups is 2. The van der Waals surface area contributed by atoms with Crippen molar-refractivity contribution >= 4 is 23.6 Å². The van der Waals surface area contributed by atoms with Crippen LogP contribution in [0.25, 0.3) is 0 Å². The quantitative estimate of drug-likeness (QED) is 0.646. The minimum Gasteiger partial charge on any atom is -0.467 e. The molecule has 0 spiro atoms. The zero-order valence-electron chi connectivity index (χ0n) is 12.0. The molecule has 116 valence electrons. The van der Waals surface area contributed by atoms with Crippen molar-refractivity contribution in [1.82, 2.24) is 5.32 Å². The molecule has 0 aliphatic carbocycles. The van der Waals surface area contributed by atoms with Crippen LogP contribution in [0.4, 0.5) is 8.78 Å². The van der Waals surface area contributed by atoms with Crippen molar-refractivity contribution in [3.05, 3.63) is 29.8 Å². The van der Waals surface area contributed by atoms with Gasteiger partial charge in [-0.2, -0.15) is 0 Å². The highest BCUT2D eigenvalue weighted by Gasteiger charge is 2.24. The molecule has 7 heteroatoms. The zero-order chi connectivity index (χ0) is 16.0. The van der Waals surface area contributed by atoms with Gasteiger partial charge < -0.3 is 10.1 Å². The third kappa shape index (κ3) is 5.34. The first-order valence-electron chi connectivity index (χ1n) is 6.30. The van der Waals surface area contributed by atoms with E-state index in [1.54, 1.807) is 13.8 Å². The second-order valence-corrected chi connectivity index (χ2v) is 5.69. The fraction of sp³-hybridized carbons (Fsp3) is 0.429. The average Bonchev–Trinajstić information content (AvgIpc) is 2.42. The summed E-state index contributed by atoms with van der Waals surface area (Å²) in [7, 11) is 1.24. The molecule has 1 unspecified atom stereocenters. The Morgan fingerprint density at radius 3 is 2.52 bits per heavy atom. The van der Waals surface area contributed by atoms with Crippen molar-refractivity contribution in [2.75, 3.05) is 12.9 Å². The second-order valence-electron chi connectivity index (χ2n) is 4.68. The van der Waals surface area contributed by atoms with Gasteiger partial charge in [-0.05, 0) is 18.1 Å². The summed E-state index contributed by atoms with van der Waals surface area (Å²) in [5.41, 5.74) is 0. The molecular formula is C14H17F2NO3S. The first kappa shape index (κ1) is 17.4. The fourth-order valence-corrected chi connectivity index (χ4v) is 2.31. The number of hydrogen-bond donors (Lipinski definition) is 1. The first-order chi connectivity index (χ1) is 9.85. The van der Waals surface area contributed by atoms with Crippen LogP contribution in [-0.4, -0.2) is 30.8 Å². The van der Waals surface area contributed by atoms with Crippen molar-refractivity contribution in [3.8, 4) is 0 Å². The van der Waals surface area contributed by atoms with E-state index in [4.69, 9.17) is 0 Å². The van der Waals surface area contributed by atoms with Gasteiger partial charge in [-0.15, -0.1) is 11.8 Å². The van der Waals surface area contributed by atoms with Gasteiger partial charge in [-0.25, -0.2) is 13.6 Å². The predicted octanol–water partition coefficient (Wildman–Crippen LogP) is 2.37. The molecule has 0 aliphatic heterocycles. The molecule has 4 nitrogen and oxygen atoms in total. The molecule has 0 aromatic heterocycles. The molecule has 0 fully saturated rings. The van der Waals surface area contributed by atoms with Crippen LogP contribution in [0.15, 0.2) is 23.1 Å². The third-order valence-electron chi connectivity index (χ3n) is 2.69. The first-order valence-corrected chi connectivity index (χ1v) is 7.28. The molecule has 1 aromatic carbocycles. The summed E-state index contributed by atoms with van der Waals surface area (Å²) in [5.74, 6) is -2.56. The predicted molar refractivity (Wildman–Crippen MR) is 75.9 cm³/mol. The number of nitrogens with one attached hydrogen (secondary N) is 1. The molecule has 0 saturated carbocycles. The number of amides is 1.